The quantitative estimate of drug-likeness (QED) is 0.371. The SMILES string of the molecule is Cc1nc2ccccc2n1-c1cccc2c1OC[C@H]2N(C(=O)C(F)(F)F)c1ccc2c(c1)OC[C@H]2CC(=O)O. The zero-order chi connectivity index (χ0) is 27.5. The van der Waals surface area contributed by atoms with Gasteiger partial charge in [0.05, 0.1) is 35.8 Å². The van der Waals surface area contributed by atoms with Crippen molar-refractivity contribution in [1.29, 1.82) is 0 Å². The lowest BCUT2D eigenvalue weighted by atomic mass is 9.97. The van der Waals surface area contributed by atoms with Crippen LogP contribution >= 0.6 is 0 Å². The molecule has 200 valence electrons. The van der Waals surface area contributed by atoms with Crippen LogP contribution in [-0.4, -0.2) is 45.9 Å². The van der Waals surface area contributed by atoms with Crippen LogP contribution in [0.25, 0.3) is 16.7 Å². The molecule has 0 fully saturated rings. The summed E-state index contributed by atoms with van der Waals surface area (Å²) < 4.78 is 55.1. The van der Waals surface area contributed by atoms with E-state index in [4.69, 9.17) is 14.6 Å². The van der Waals surface area contributed by atoms with Gasteiger partial charge in [-0.2, -0.15) is 13.2 Å². The molecule has 1 N–H and O–H groups in total. The van der Waals surface area contributed by atoms with Gasteiger partial charge in [0.1, 0.15) is 23.9 Å². The summed E-state index contributed by atoms with van der Waals surface area (Å²) in [5.41, 5.74) is 3.15. The molecule has 11 heteroatoms. The number of para-hydroxylation sites is 3. The molecule has 0 unspecified atom stereocenters. The Morgan fingerprint density at radius 3 is 2.62 bits per heavy atom. The summed E-state index contributed by atoms with van der Waals surface area (Å²) in [4.78, 5) is 29.3. The van der Waals surface area contributed by atoms with Crippen LogP contribution in [0.2, 0.25) is 0 Å². The van der Waals surface area contributed by atoms with Crippen LogP contribution in [-0.2, 0) is 9.59 Å². The van der Waals surface area contributed by atoms with Crippen molar-refractivity contribution in [3.8, 4) is 17.2 Å². The third kappa shape index (κ3) is 4.14. The molecular weight excluding hydrogens is 515 g/mol. The van der Waals surface area contributed by atoms with Crippen molar-refractivity contribution in [1.82, 2.24) is 9.55 Å². The molecule has 0 radical (unpaired) electrons. The van der Waals surface area contributed by atoms with E-state index < -0.39 is 30.0 Å². The van der Waals surface area contributed by atoms with Crippen LogP contribution in [0.5, 0.6) is 11.5 Å². The monoisotopic (exact) mass is 537 g/mol. The summed E-state index contributed by atoms with van der Waals surface area (Å²) in [6.07, 6.45) is -5.32. The number of ether oxygens (including phenoxy) is 2. The van der Waals surface area contributed by atoms with Gasteiger partial charge in [-0.05, 0) is 31.2 Å². The van der Waals surface area contributed by atoms with Gasteiger partial charge in [0.2, 0.25) is 0 Å². The summed E-state index contributed by atoms with van der Waals surface area (Å²) >= 11 is 0. The number of aliphatic carboxylic acids is 1. The average molecular weight is 537 g/mol. The Kier molecular flexibility index (Phi) is 5.74. The fourth-order valence-corrected chi connectivity index (χ4v) is 5.42. The van der Waals surface area contributed by atoms with Gasteiger partial charge in [0.25, 0.3) is 0 Å². The number of hydrogen-bond acceptors (Lipinski definition) is 5. The summed E-state index contributed by atoms with van der Waals surface area (Å²) in [7, 11) is 0. The van der Waals surface area contributed by atoms with Gasteiger partial charge in [-0.1, -0.05) is 30.3 Å². The van der Waals surface area contributed by atoms with E-state index in [1.165, 1.54) is 18.2 Å². The van der Waals surface area contributed by atoms with Crippen molar-refractivity contribution in [2.24, 2.45) is 0 Å². The first-order valence-electron chi connectivity index (χ1n) is 12.2. The average Bonchev–Trinajstić information content (AvgIpc) is 3.58. The summed E-state index contributed by atoms with van der Waals surface area (Å²) in [6.45, 7) is 1.72. The number of rotatable bonds is 5. The molecule has 0 saturated carbocycles. The fourth-order valence-electron chi connectivity index (χ4n) is 5.42. The zero-order valence-electron chi connectivity index (χ0n) is 20.6. The number of amides is 1. The van der Waals surface area contributed by atoms with Crippen LogP contribution in [0, 0.1) is 6.92 Å². The van der Waals surface area contributed by atoms with Crippen LogP contribution in [0.3, 0.4) is 0 Å². The van der Waals surface area contributed by atoms with Gasteiger partial charge >= 0.3 is 18.1 Å². The largest absolute Gasteiger partial charge is 0.493 e. The summed E-state index contributed by atoms with van der Waals surface area (Å²) in [5, 5.41) is 9.15. The predicted molar refractivity (Wildman–Crippen MR) is 135 cm³/mol. The molecule has 1 amide bonds. The molecule has 1 aromatic heterocycles. The third-order valence-electron chi connectivity index (χ3n) is 7.09. The van der Waals surface area contributed by atoms with Crippen molar-refractivity contribution in [3.63, 3.8) is 0 Å². The number of anilines is 1. The number of aromatic nitrogens is 2. The van der Waals surface area contributed by atoms with Gasteiger partial charge in [0.15, 0.2) is 0 Å². The maximum absolute atomic E-state index is 13.9. The Morgan fingerprint density at radius 1 is 1.05 bits per heavy atom. The minimum Gasteiger partial charge on any atom is -0.493 e. The number of benzene rings is 3. The minimum atomic E-state index is -5.15. The number of aryl methyl sites for hydroxylation is 1. The molecule has 2 aliphatic heterocycles. The maximum Gasteiger partial charge on any atom is 0.471 e. The molecule has 6 rings (SSSR count). The van der Waals surface area contributed by atoms with Crippen molar-refractivity contribution < 1.29 is 37.3 Å². The highest BCUT2D eigenvalue weighted by atomic mass is 19.4. The van der Waals surface area contributed by atoms with Crippen LogP contribution in [0.1, 0.15) is 35.3 Å². The number of carboxylic acids is 1. The van der Waals surface area contributed by atoms with E-state index in [0.717, 1.165) is 11.0 Å². The summed E-state index contributed by atoms with van der Waals surface area (Å²) in [5.74, 6) is -2.18. The molecular formula is C28H22F3N3O5. The number of fused-ring (bicyclic) bond motifs is 3. The van der Waals surface area contributed by atoms with Gasteiger partial charge < -0.3 is 14.6 Å². The number of carboxylic acid groups (broad SMARTS) is 1. The van der Waals surface area contributed by atoms with E-state index in [2.05, 4.69) is 4.98 Å². The first-order chi connectivity index (χ1) is 18.6. The zero-order valence-corrected chi connectivity index (χ0v) is 20.6. The summed E-state index contributed by atoms with van der Waals surface area (Å²) in [6, 6.07) is 15.8. The van der Waals surface area contributed by atoms with Crippen molar-refractivity contribution in [2.75, 3.05) is 18.1 Å². The Morgan fingerprint density at radius 2 is 1.85 bits per heavy atom. The fraction of sp³-hybridized carbons (Fsp3) is 0.250. The number of carbonyl (C=O) groups is 2. The second-order valence-electron chi connectivity index (χ2n) is 9.51. The van der Waals surface area contributed by atoms with Crippen LogP contribution in [0.4, 0.5) is 18.9 Å². The number of halogens is 3. The van der Waals surface area contributed by atoms with Gasteiger partial charge in [-0.25, -0.2) is 4.98 Å². The van der Waals surface area contributed by atoms with E-state index >= 15 is 0 Å². The Balaban J connectivity index is 1.44. The highest BCUT2D eigenvalue weighted by molar-refractivity contribution is 5.98. The van der Waals surface area contributed by atoms with Crippen molar-refractivity contribution in [2.45, 2.75) is 31.5 Å². The van der Waals surface area contributed by atoms with E-state index in [9.17, 15) is 22.8 Å². The lowest BCUT2D eigenvalue weighted by Gasteiger charge is -2.29. The minimum absolute atomic E-state index is 0.0248. The lowest BCUT2D eigenvalue weighted by molar-refractivity contribution is -0.171. The maximum atomic E-state index is 13.9. The Labute approximate surface area is 220 Å². The van der Waals surface area contributed by atoms with Crippen molar-refractivity contribution >= 4 is 28.6 Å². The van der Waals surface area contributed by atoms with Crippen LogP contribution in [0.15, 0.2) is 60.7 Å². The molecule has 39 heavy (non-hydrogen) atoms. The first-order valence-corrected chi connectivity index (χ1v) is 12.2. The molecule has 2 aliphatic rings. The third-order valence-corrected chi connectivity index (χ3v) is 7.09. The van der Waals surface area contributed by atoms with E-state index in [1.807, 2.05) is 35.8 Å². The topological polar surface area (TPSA) is 93.9 Å². The second-order valence-corrected chi connectivity index (χ2v) is 9.51. The number of carbonyl (C=O) groups excluding carboxylic acids is 1. The number of alkyl halides is 3. The second kappa shape index (κ2) is 9.04. The molecule has 3 aromatic carbocycles. The van der Waals surface area contributed by atoms with Crippen LogP contribution < -0.4 is 14.4 Å². The molecule has 3 heterocycles. The van der Waals surface area contributed by atoms with E-state index in [-0.39, 0.29) is 31.1 Å². The van der Waals surface area contributed by atoms with E-state index in [1.54, 1.807) is 18.2 Å². The number of imidazole rings is 1. The molecule has 0 saturated heterocycles. The highest BCUT2D eigenvalue weighted by Gasteiger charge is 2.48. The van der Waals surface area contributed by atoms with Gasteiger partial charge in [0, 0.05) is 28.8 Å². The molecule has 0 spiro atoms. The number of nitrogens with zero attached hydrogens (tertiary/aromatic N) is 3. The van der Waals surface area contributed by atoms with Gasteiger partial charge in [-0.15, -0.1) is 0 Å². The van der Waals surface area contributed by atoms with E-state index in [0.29, 0.717) is 33.3 Å². The normalized spacial score (nSPS) is 17.8. The Bertz CT molecular complexity index is 1630. The Hall–Kier alpha value is -4.54. The predicted octanol–water partition coefficient (Wildman–Crippen LogP) is 5.31. The van der Waals surface area contributed by atoms with Crippen molar-refractivity contribution in [3.05, 3.63) is 77.6 Å². The molecule has 2 atom stereocenters. The molecule has 8 nitrogen and oxygen atoms in total. The standard InChI is InChI=1S/C28H22F3N3O5/c1-15-32-20-6-2-3-7-21(20)33(15)22-8-4-5-19-23(14-39-26(19)22)34(27(37)28(29,30)31)17-9-10-18-16(11-25(35)36)13-38-24(18)12-17/h2-10,12,16,23H,11,13-14H2,1H3,(H,35,36)/t16-,23-/m1/s1. The smallest absolute Gasteiger partial charge is 0.471 e. The van der Waals surface area contributed by atoms with Gasteiger partial charge in [-0.3, -0.25) is 19.1 Å². The lowest BCUT2D eigenvalue weighted by Crippen LogP contribution is -2.44. The molecule has 0 aliphatic carbocycles. The first kappa shape index (κ1) is 24.8. The molecule has 0 bridgehead atoms. The highest BCUT2D eigenvalue weighted by Crippen LogP contribution is 2.46. The molecule has 4 aromatic rings. The number of hydrogen-bond donors (Lipinski definition) is 1.